The third-order valence-electron chi connectivity index (χ3n) is 6.81. The number of rotatable bonds is 3. The predicted octanol–water partition coefficient (Wildman–Crippen LogP) is 5.66. The second-order valence-corrected chi connectivity index (χ2v) is 8.89. The van der Waals surface area contributed by atoms with E-state index in [1.807, 2.05) is 18.2 Å². The molecule has 2 aliphatic carbocycles. The molecule has 2 bridgehead atoms. The lowest BCUT2D eigenvalue weighted by molar-refractivity contribution is -0.384. The summed E-state index contributed by atoms with van der Waals surface area (Å²) in [4.78, 5) is 11.0. The molecule has 2 aromatic rings. The highest BCUT2D eigenvalue weighted by molar-refractivity contribution is 9.10. The second-order valence-electron chi connectivity index (χ2n) is 7.97. The summed E-state index contributed by atoms with van der Waals surface area (Å²) in [5.74, 6) is 3.01. The number of non-ortho nitro benzene ring substituents is 1. The van der Waals surface area contributed by atoms with Crippen molar-refractivity contribution in [3.05, 3.63) is 62.1 Å². The van der Waals surface area contributed by atoms with Gasteiger partial charge in [0.2, 0.25) is 0 Å². The molecule has 6 heteroatoms. The van der Waals surface area contributed by atoms with Crippen molar-refractivity contribution in [2.75, 3.05) is 12.4 Å². The Morgan fingerprint density at radius 2 is 1.96 bits per heavy atom. The molecule has 2 fully saturated rings. The average molecular weight is 429 g/mol. The van der Waals surface area contributed by atoms with Gasteiger partial charge in [-0.25, -0.2) is 0 Å². The minimum absolute atomic E-state index is 0.159. The smallest absolute Gasteiger partial charge is 0.269 e. The number of hydrogen-bond donors (Lipinski definition) is 1. The molecular weight excluding hydrogens is 408 g/mol. The molecule has 2 aromatic carbocycles. The number of methoxy groups -OCH3 is 1. The predicted molar refractivity (Wildman–Crippen MR) is 107 cm³/mol. The van der Waals surface area contributed by atoms with E-state index < -0.39 is 0 Å². The van der Waals surface area contributed by atoms with Gasteiger partial charge in [0.25, 0.3) is 5.69 Å². The topological polar surface area (TPSA) is 64.4 Å². The zero-order valence-electron chi connectivity index (χ0n) is 15.0. The van der Waals surface area contributed by atoms with E-state index in [-0.39, 0.29) is 16.7 Å². The van der Waals surface area contributed by atoms with Crippen LogP contribution in [0, 0.1) is 27.9 Å². The first-order valence-corrected chi connectivity index (χ1v) is 10.2. The number of nitrogens with one attached hydrogen (secondary N) is 1. The maximum Gasteiger partial charge on any atom is 0.269 e. The molecule has 2 saturated carbocycles. The lowest BCUT2D eigenvalue weighted by Crippen LogP contribution is -2.35. The van der Waals surface area contributed by atoms with Crippen molar-refractivity contribution in [2.24, 2.45) is 17.8 Å². The van der Waals surface area contributed by atoms with Crippen molar-refractivity contribution < 1.29 is 9.66 Å². The zero-order valence-corrected chi connectivity index (χ0v) is 16.6. The molecule has 0 unspecified atom stereocenters. The summed E-state index contributed by atoms with van der Waals surface area (Å²) in [5.41, 5.74) is 3.52. The second kappa shape index (κ2) is 6.23. The van der Waals surface area contributed by atoms with Gasteiger partial charge in [-0.05, 0) is 72.8 Å². The molecule has 0 aromatic heterocycles. The summed E-state index contributed by atoms with van der Waals surface area (Å²) >= 11 is 3.60. The van der Waals surface area contributed by atoms with E-state index in [2.05, 4.69) is 27.3 Å². The van der Waals surface area contributed by atoms with Gasteiger partial charge in [0, 0.05) is 27.9 Å². The van der Waals surface area contributed by atoms with Gasteiger partial charge in [0.1, 0.15) is 5.75 Å². The van der Waals surface area contributed by atoms with Crippen molar-refractivity contribution in [3.63, 3.8) is 0 Å². The van der Waals surface area contributed by atoms with Crippen LogP contribution in [0.5, 0.6) is 5.75 Å². The summed E-state index contributed by atoms with van der Waals surface area (Å²) < 4.78 is 6.71. The number of hydrogen-bond acceptors (Lipinski definition) is 4. The van der Waals surface area contributed by atoms with Gasteiger partial charge >= 0.3 is 0 Å². The quantitative estimate of drug-likeness (QED) is 0.505. The summed E-state index contributed by atoms with van der Waals surface area (Å²) in [7, 11) is 1.71. The molecular formula is C21H21BrN2O3. The maximum atomic E-state index is 11.3. The summed E-state index contributed by atoms with van der Waals surface area (Å²) in [6.07, 6.45) is 3.72. The van der Waals surface area contributed by atoms with E-state index in [1.165, 1.54) is 24.8 Å². The van der Waals surface area contributed by atoms with Crippen LogP contribution in [0.25, 0.3) is 0 Å². The SMILES string of the molecule is COc1ccc(Br)cc1[C@@H]1Nc2ccc([N+](=O)[O-])cc2[C@H]2[C@H]3CC[C@@H](C3)[C@@H]21. The van der Waals surface area contributed by atoms with Crippen LogP contribution >= 0.6 is 15.9 Å². The highest BCUT2D eigenvalue weighted by Crippen LogP contribution is 2.64. The summed E-state index contributed by atoms with van der Waals surface area (Å²) in [5, 5.41) is 15.0. The Hall–Kier alpha value is -2.08. The van der Waals surface area contributed by atoms with E-state index >= 15 is 0 Å². The highest BCUT2D eigenvalue weighted by Gasteiger charge is 2.54. The molecule has 5 nitrogen and oxygen atoms in total. The number of anilines is 1. The fourth-order valence-corrected chi connectivity index (χ4v) is 6.22. The van der Waals surface area contributed by atoms with Crippen LogP contribution in [-0.2, 0) is 0 Å². The molecule has 0 spiro atoms. The van der Waals surface area contributed by atoms with Crippen LogP contribution in [0.3, 0.4) is 0 Å². The van der Waals surface area contributed by atoms with Gasteiger partial charge in [-0.15, -0.1) is 0 Å². The molecule has 5 atom stereocenters. The molecule has 1 heterocycles. The Labute approximate surface area is 166 Å². The largest absolute Gasteiger partial charge is 0.496 e. The average Bonchev–Trinajstić information content (AvgIpc) is 3.29. The number of nitro benzene ring substituents is 1. The summed E-state index contributed by atoms with van der Waals surface area (Å²) in [6.45, 7) is 0. The van der Waals surface area contributed by atoms with Gasteiger partial charge in [-0.2, -0.15) is 0 Å². The number of benzene rings is 2. The first kappa shape index (κ1) is 17.0. The van der Waals surface area contributed by atoms with Crippen LogP contribution in [0.15, 0.2) is 40.9 Å². The van der Waals surface area contributed by atoms with Gasteiger partial charge in [0.05, 0.1) is 18.1 Å². The van der Waals surface area contributed by atoms with Gasteiger partial charge in [-0.1, -0.05) is 15.9 Å². The van der Waals surface area contributed by atoms with E-state index in [0.717, 1.165) is 21.5 Å². The molecule has 0 amide bonds. The van der Waals surface area contributed by atoms with E-state index in [1.54, 1.807) is 19.2 Å². The standard InChI is InChI=1S/C21H21BrN2O3/c1-27-18-7-4-13(22)9-16(18)21-20-12-3-2-11(8-12)19(20)15-10-14(24(25)26)5-6-17(15)23-21/h4-7,9-12,19-21,23H,2-3,8H2,1H3/t11-,12-,19+,20-,21-/m0/s1. The molecule has 0 saturated heterocycles. The number of fused-ring (bicyclic) bond motifs is 7. The van der Waals surface area contributed by atoms with Crippen molar-refractivity contribution >= 4 is 27.3 Å². The van der Waals surface area contributed by atoms with Crippen LogP contribution in [-0.4, -0.2) is 12.0 Å². The molecule has 5 rings (SSSR count). The van der Waals surface area contributed by atoms with E-state index in [0.29, 0.717) is 23.7 Å². The molecule has 3 aliphatic rings. The summed E-state index contributed by atoms with van der Waals surface area (Å²) in [6, 6.07) is 11.6. The Morgan fingerprint density at radius 1 is 1.15 bits per heavy atom. The molecule has 1 aliphatic heterocycles. The first-order valence-electron chi connectivity index (χ1n) is 9.45. The normalized spacial score (nSPS) is 30.4. The number of nitro groups is 1. The monoisotopic (exact) mass is 428 g/mol. The van der Waals surface area contributed by atoms with Crippen molar-refractivity contribution in [1.82, 2.24) is 0 Å². The van der Waals surface area contributed by atoms with Gasteiger partial charge in [-0.3, -0.25) is 10.1 Å². The molecule has 27 heavy (non-hydrogen) atoms. The number of halogens is 1. The lowest BCUT2D eigenvalue weighted by Gasteiger charge is -2.43. The third kappa shape index (κ3) is 2.57. The molecule has 1 N–H and O–H groups in total. The minimum Gasteiger partial charge on any atom is -0.496 e. The van der Waals surface area contributed by atoms with Crippen molar-refractivity contribution in [2.45, 2.75) is 31.2 Å². The Balaban J connectivity index is 1.65. The van der Waals surface area contributed by atoms with E-state index in [9.17, 15) is 10.1 Å². The maximum absolute atomic E-state index is 11.3. The minimum atomic E-state index is -0.286. The Morgan fingerprint density at radius 3 is 2.74 bits per heavy atom. The molecule has 0 radical (unpaired) electrons. The third-order valence-corrected chi connectivity index (χ3v) is 7.30. The van der Waals surface area contributed by atoms with Crippen LogP contribution < -0.4 is 10.1 Å². The Bertz CT molecular complexity index is 932. The van der Waals surface area contributed by atoms with Crippen molar-refractivity contribution in [1.29, 1.82) is 0 Å². The fraction of sp³-hybridized carbons (Fsp3) is 0.429. The Kier molecular flexibility index (Phi) is 3.93. The number of ether oxygens (including phenoxy) is 1. The zero-order chi connectivity index (χ0) is 18.7. The molecule has 140 valence electrons. The highest BCUT2D eigenvalue weighted by atomic mass is 79.9. The van der Waals surface area contributed by atoms with Gasteiger partial charge in [0.15, 0.2) is 0 Å². The van der Waals surface area contributed by atoms with Crippen LogP contribution in [0.2, 0.25) is 0 Å². The number of nitrogens with zero attached hydrogens (tertiary/aromatic N) is 1. The van der Waals surface area contributed by atoms with Crippen LogP contribution in [0.4, 0.5) is 11.4 Å². The van der Waals surface area contributed by atoms with Crippen LogP contribution in [0.1, 0.15) is 42.3 Å². The van der Waals surface area contributed by atoms with Gasteiger partial charge < -0.3 is 10.1 Å². The van der Waals surface area contributed by atoms with Crippen molar-refractivity contribution in [3.8, 4) is 5.75 Å². The first-order chi connectivity index (χ1) is 13.1. The lowest BCUT2D eigenvalue weighted by atomic mass is 9.68. The fourth-order valence-electron chi connectivity index (χ4n) is 5.84. The van der Waals surface area contributed by atoms with E-state index in [4.69, 9.17) is 4.74 Å².